The summed E-state index contributed by atoms with van der Waals surface area (Å²) in [6.07, 6.45) is 0.491. The van der Waals surface area contributed by atoms with Crippen LogP contribution in [-0.4, -0.2) is 39.0 Å². The normalized spacial score (nSPS) is 31.3. The Kier molecular flexibility index (Phi) is 2.75. The van der Waals surface area contributed by atoms with Crippen molar-refractivity contribution in [1.29, 1.82) is 0 Å². The lowest BCUT2D eigenvalue weighted by Gasteiger charge is -2.44. The van der Waals surface area contributed by atoms with E-state index in [-0.39, 0.29) is 18.8 Å². The Morgan fingerprint density at radius 2 is 1.55 bits per heavy atom. The molecule has 0 amide bonds. The van der Waals surface area contributed by atoms with Crippen LogP contribution in [-0.2, 0) is 19.2 Å². The van der Waals surface area contributed by atoms with Gasteiger partial charge in [-0.05, 0) is 24.2 Å². The van der Waals surface area contributed by atoms with Gasteiger partial charge in [0.2, 0.25) is 0 Å². The lowest BCUT2D eigenvalue weighted by molar-refractivity contribution is -0.194. The molecule has 0 aromatic heterocycles. The van der Waals surface area contributed by atoms with Gasteiger partial charge in [0.1, 0.15) is 5.78 Å². The predicted octanol–water partition coefficient (Wildman–Crippen LogP) is 0.622. The number of fused-ring (bicyclic) bond motifs is 2. The molecule has 2 unspecified atom stereocenters. The second-order valence-corrected chi connectivity index (χ2v) is 6.16. The van der Waals surface area contributed by atoms with Gasteiger partial charge in [0.15, 0.2) is 0 Å². The van der Waals surface area contributed by atoms with Crippen LogP contribution in [0.1, 0.15) is 33.1 Å². The first-order valence-corrected chi connectivity index (χ1v) is 6.30. The Balaban J connectivity index is 2.84. The molecule has 2 rings (SSSR count). The van der Waals surface area contributed by atoms with Crippen molar-refractivity contribution in [3.63, 3.8) is 0 Å². The number of ketones is 1. The molecule has 0 spiro atoms. The van der Waals surface area contributed by atoms with E-state index in [1.54, 1.807) is 13.8 Å². The summed E-state index contributed by atoms with van der Waals surface area (Å²) in [5.41, 5.74) is -5.99. The summed E-state index contributed by atoms with van der Waals surface area (Å²) in [7, 11) is 0. The summed E-state index contributed by atoms with van der Waals surface area (Å²) in [5, 5.41) is 28.1. The van der Waals surface area contributed by atoms with Crippen molar-refractivity contribution in [1.82, 2.24) is 0 Å². The average molecular weight is 284 g/mol. The van der Waals surface area contributed by atoms with E-state index in [4.69, 9.17) is 0 Å². The molecule has 2 fully saturated rings. The van der Waals surface area contributed by atoms with Crippen molar-refractivity contribution in [2.75, 3.05) is 0 Å². The minimum atomic E-state index is -3.13. The predicted molar refractivity (Wildman–Crippen MR) is 63.9 cm³/mol. The van der Waals surface area contributed by atoms with E-state index in [9.17, 15) is 34.5 Å². The summed E-state index contributed by atoms with van der Waals surface area (Å²) in [5.74, 6) is -6.69. The standard InChI is InChI=1S/C13H16O7/c1-11(2)6-3-4-12(11,7(14)5-6)13(8(15)16,9(17)18)10(19)20/h6H,3-5H2,1-2H3,(H,15,16)(H,17,18)(H,19,20). The molecule has 110 valence electrons. The highest BCUT2D eigenvalue weighted by Crippen LogP contribution is 2.70. The number of hydrogen-bond donors (Lipinski definition) is 3. The number of hydrogen-bond acceptors (Lipinski definition) is 4. The SMILES string of the molecule is CC1(C)C2CCC1(C(C(=O)O)(C(=O)O)C(=O)O)C(=O)C2. The summed E-state index contributed by atoms with van der Waals surface area (Å²) < 4.78 is 0. The quantitative estimate of drug-likeness (QED) is 0.645. The second-order valence-electron chi connectivity index (χ2n) is 6.16. The Morgan fingerprint density at radius 3 is 1.80 bits per heavy atom. The van der Waals surface area contributed by atoms with Crippen LogP contribution in [0.15, 0.2) is 0 Å². The van der Waals surface area contributed by atoms with Crippen molar-refractivity contribution in [2.45, 2.75) is 33.1 Å². The van der Waals surface area contributed by atoms with Crippen LogP contribution in [0.25, 0.3) is 0 Å². The Labute approximate surface area is 114 Å². The van der Waals surface area contributed by atoms with E-state index in [0.29, 0.717) is 6.42 Å². The molecular formula is C13H16O7. The summed E-state index contributed by atoms with van der Waals surface area (Å²) in [6.45, 7) is 3.19. The van der Waals surface area contributed by atoms with Crippen molar-refractivity contribution in [2.24, 2.45) is 22.2 Å². The molecule has 7 nitrogen and oxygen atoms in total. The number of aliphatic carboxylic acids is 3. The minimum absolute atomic E-state index is 0.0194. The summed E-state index contributed by atoms with van der Waals surface area (Å²) in [6, 6.07) is 0. The van der Waals surface area contributed by atoms with Gasteiger partial charge in [0.25, 0.3) is 5.41 Å². The maximum atomic E-state index is 12.3. The van der Waals surface area contributed by atoms with Gasteiger partial charge in [-0.3, -0.25) is 19.2 Å². The number of carboxylic acid groups (broad SMARTS) is 3. The van der Waals surface area contributed by atoms with E-state index >= 15 is 0 Å². The highest BCUT2D eigenvalue weighted by molar-refractivity contribution is 6.21. The molecule has 0 heterocycles. The van der Waals surface area contributed by atoms with Crippen molar-refractivity contribution in [3.05, 3.63) is 0 Å². The topological polar surface area (TPSA) is 129 Å². The first-order valence-electron chi connectivity index (χ1n) is 6.30. The van der Waals surface area contributed by atoms with Crippen LogP contribution < -0.4 is 0 Å². The maximum absolute atomic E-state index is 12.3. The Bertz CT molecular complexity index is 497. The minimum Gasteiger partial charge on any atom is -0.480 e. The van der Waals surface area contributed by atoms with Gasteiger partial charge in [0.05, 0.1) is 5.41 Å². The van der Waals surface area contributed by atoms with Crippen LogP contribution >= 0.6 is 0 Å². The zero-order valence-corrected chi connectivity index (χ0v) is 11.2. The molecule has 0 aromatic carbocycles. The molecule has 0 radical (unpaired) electrons. The smallest absolute Gasteiger partial charge is 0.333 e. The first-order chi connectivity index (χ1) is 9.06. The molecule has 2 atom stereocenters. The van der Waals surface area contributed by atoms with Gasteiger partial charge in [0, 0.05) is 6.42 Å². The molecule has 2 bridgehead atoms. The molecule has 0 aromatic rings. The molecule has 2 aliphatic rings. The summed E-state index contributed by atoms with van der Waals surface area (Å²) in [4.78, 5) is 47.1. The van der Waals surface area contributed by atoms with Gasteiger partial charge >= 0.3 is 17.9 Å². The zero-order chi connectivity index (χ0) is 15.5. The first kappa shape index (κ1) is 14.5. The third kappa shape index (κ3) is 1.16. The monoisotopic (exact) mass is 284 g/mol. The van der Waals surface area contributed by atoms with Gasteiger partial charge in [-0.25, -0.2) is 0 Å². The van der Waals surface area contributed by atoms with E-state index in [1.807, 2.05) is 0 Å². The fourth-order valence-electron chi connectivity index (χ4n) is 4.38. The molecular weight excluding hydrogens is 268 g/mol. The third-order valence-electron chi connectivity index (χ3n) is 5.50. The lowest BCUT2D eigenvalue weighted by Crippen LogP contribution is -2.63. The summed E-state index contributed by atoms with van der Waals surface area (Å²) >= 11 is 0. The van der Waals surface area contributed by atoms with Gasteiger partial charge in [-0.15, -0.1) is 0 Å². The Morgan fingerprint density at radius 1 is 1.10 bits per heavy atom. The van der Waals surface area contributed by atoms with Gasteiger partial charge < -0.3 is 15.3 Å². The van der Waals surface area contributed by atoms with E-state index in [0.717, 1.165) is 0 Å². The fraction of sp³-hybridized carbons (Fsp3) is 0.692. The number of rotatable bonds is 4. The third-order valence-corrected chi connectivity index (χ3v) is 5.50. The molecule has 20 heavy (non-hydrogen) atoms. The molecule has 3 N–H and O–H groups in total. The molecule has 0 saturated heterocycles. The zero-order valence-electron chi connectivity index (χ0n) is 11.2. The van der Waals surface area contributed by atoms with E-state index in [2.05, 4.69) is 0 Å². The van der Waals surface area contributed by atoms with Crippen molar-refractivity contribution >= 4 is 23.7 Å². The largest absolute Gasteiger partial charge is 0.480 e. The number of carbonyl (C=O) groups excluding carboxylic acids is 1. The molecule has 2 saturated carbocycles. The van der Waals surface area contributed by atoms with Crippen LogP contribution in [0, 0.1) is 22.2 Å². The van der Waals surface area contributed by atoms with Crippen LogP contribution in [0.4, 0.5) is 0 Å². The maximum Gasteiger partial charge on any atom is 0.333 e. The lowest BCUT2D eigenvalue weighted by atomic mass is 9.53. The van der Waals surface area contributed by atoms with Gasteiger partial charge in [-0.1, -0.05) is 13.8 Å². The van der Waals surface area contributed by atoms with Crippen LogP contribution in [0.3, 0.4) is 0 Å². The Hall–Kier alpha value is -1.92. The van der Waals surface area contributed by atoms with Gasteiger partial charge in [-0.2, -0.15) is 0 Å². The number of carboxylic acids is 3. The number of carbonyl (C=O) groups is 4. The molecule has 7 heteroatoms. The number of Topliss-reactive ketones (excluding diaryl/α,β-unsaturated/α-hetero) is 1. The van der Waals surface area contributed by atoms with Crippen LogP contribution in [0.2, 0.25) is 0 Å². The highest BCUT2D eigenvalue weighted by Gasteiger charge is 2.81. The molecule has 2 aliphatic carbocycles. The van der Waals surface area contributed by atoms with Crippen molar-refractivity contribution < 1.29 is 34.5 Å². The fourth-order valence-corrected chi connectivity index (χ4v) is 4.38. The second kappa shape index (κ2) is 3.80. The van der Waals surface area contributed by atoms with E-state index < -0.39 is 39.9 Å². The van der Waals surface area contributed by atoms with E-state index in [1.165, 1.54) is 0 Å². The average Bonchev–Trinajstić information content (AvgIpc) is 2.62. The highest BCUT2D eigenvalue weighted by atomic mass is 16.4. The van der Waals surface area contributed by atoms with Crippen molar-refractivity contribution in [3.8, 4) is 0 Å². The van der Waals surface area contributed by atoms with Crippen LogP contribution in [0.5, 0.6) is 0 Å². The molecule has 0 aliphatic heterocycles.